The molecule has 2 aromatic rings. The van der Waals surface area contributed by atoms with Gasteiger partial charge in [0.25, 0.3) is 0 Å². The largest absolute Gasteiger partial charge is 0.494 e. The minimum atomic E-state index is -0.387. The Morgan fingerprint density at radius 1 is 1.14 bits per heavy atom. The SMILES string of the molecule is CCNC(Cc1cccc(F)c1)c1ccc(F)c(OC)c1. The van der Waals surface area contributed by atoms with Crippen molar-refractivity contribution in [1.82, 2.24) is 5.32 Å². The Kier molecular flexibility index (Phi) is 5.28. The molecule has 2 aromatic carbocycles. The van der Waals surface area contributed by atoms with Crippen molar-refractivity contribution in [3.8, 4) is 5.75 Å². The fourth-order valence-corrected chi connectivity index (χ4v) is 2.35. The Morgan fingerprint density at radius 2 is 1.95 bits per heavy atom. The van der Waals surface area contributed by atoms with Gasteiger partial charge >= 0.3 is 0 Å². The summed E-state index contributed by atoms with van der Waals surface area (Å²) in [5, 5.41) is 3.34. The first-order chi connectivity index (χ1) is 10.1. The fraction of sp³-hybridized carbons (Fsp3) is 0.294. The van der Waals surface area contributed by atoms with E-state index in [-0.39, 0.29) is 23.4 Å². The molecule has 1 unspecified atom stereocenters. The molecule has 0 spiro atoms. The molecule has 0 fully saturated rings. The lowest BCUT2D eigenvalue weighted by molar-refractivity contribution is 0.384. The summed E-state index contributed by atoms with van der Waals surface area (Å²) in [6.07, 6.45) is 0.625. The van der Waals surface area contributed by atoms with Gasteiger partial charge in [-0.05, 0) is 48.4 Å². The normalized spacial score (nSPS) is 12.2. The average Bonchev–Trinajstić information content (AvgIpc) is 2.47. The van der Waals surface area contributed by atoms with E-state index in [0.717, 1.165) is 17.7 Å². The van der Waals surface area contributed by atoms with E-state index < -0.39 is 0 Å². The van der Waals surface area contributed by atoms with E-state index in [1.54, 1.807) is 18.2 Å². The lowest BCUT2D eigenvalue weighted by Gasteiger charge is -2.19. The molecule has 0 saturated carbocycles. The number of hydrogen-bond acceptors (Lipinski definition) is 2. The Balaban J connectivity index is 2.26. The number of benzene rings is 2. The predicted octanol–water partition coefficient (Wildman–Crippen LogP) is 3.87. The van der Waals surface area contributed by atoms with Crippen LogP contribution in [0.5, 0.6) is 5.75 Å². The van der Waals surface area contributed by atoms with Crippen molar-refractivity contribution in [1.29, 1.82) is 0 Å². The molecule has 0 aliphatic carbocycles. The standard InChI is InChI=1S/C17H19F2NO/c1-3-20-16(10-12-5-4-6-14(18)9-12)13-7-8-15(19)17(11-13)21-2/h4-9,11,16,20H,3,10H2,1-2H3. The molecular weight excluding hydrogens is 272 g/mol. The van der Waals surface area contributed by atoms with Crippen LogP contribution >= 0.6 is 0 Å². The Labute approximate surface area is 123 Å². The maximum Gasteiger partial charge on any atom is 0.165 e. The average molecular weight is 291 g/mol. The first kappa shape index (κ1) is 15.4. The Bertz CT molecular complexity index is 601. The van der Waals surface area contributed by atoms with Gasteiger partial charge in [0.15, 0.2) is 11.6 Å². The summed E-state index contributed by atoms with van der Waals surface area (Å²) >= 11 is 0. The minimum absolute atomic E-state index is 0.0219. The molecule has 1 atom stereocenters. The van der Waals surface area contributed by atoms with E-state index >= 15 is 0 Å². The first-order valence-electron chi connectivity index (χ1n) is 6.95. The van der Waals surface area contributed by atoms with Gasteiger partial charge < -0.3 is 10.1 Å². The van der Waals surface area contributed by atoms with Crippen LogP contribution in [0.1, 0.15) is 24.1 Å². The minimum Gasteiger partial charge on any atom is -0.494 e. The number of nitrogens with one attached hydrogen (secondary N) is 1. The molecule has 0 heterocycles. The van der Waals surface area contributed by atoms with Crippen molar-refractivity contribution in [3.63, 3.8) is 0 Å². The maximum absolute atomic E-state index is 13.5. The van der Waals surface area contributed by atoms with E-state index in [1.165, 1.54) is 25.3 Å². The molecule has 2 nitrogen and oxygen atoms in total. The van der Waals surface area contributed by atoms with Crippen molar-refractivity contribution >= 4 is 0 Å². The van der Waals surface area contributed by atoms with Crippen molar-refractivity contribution in [2.75, 3.05) is 13.7 Å². The third-order valence-electron chi connectivity index (χ3n) is 3.36. The maximum atomic E-state index is 13.5. The summed E-state index contributed by atoms with van der Waals surface area (Å²) in [7, 11) is 1.44. The van der Waals surface area contributed by atoms with Crippen LogP contribution in [-0.4, -0.2) is 13.7 Å². The molecule has 0 radical (unpaired) electrons. The molecule has 0 amide bonds. The van der Waals surface area contributed by atoms with E-state index in [9.17, 15) is 8.78 Å². The number of likely N-dealkylation sites (N-methyl/N-ethyl adjacent to an activating group) is 1. The van der Waals surface area contributed by atoms with E-state index in [1.807, 2.05) is 13.0 Å². The van der Waals surface area contributed by atoms with Gasteiger partial charge in [-0.2, -0.15) is 0 Å². The number of methoxy groups -OCH3 is 1. The number of ether oxygens (including phenoxy) is 1. The van der Waals surface area contributed by atoms with Gasteiger partial charge in [-0.25, -0.2) is 8.78 Å². The van der Waals surface area contributed by atoms with Crippen molar-refractivity contribution in [3.05, 3.63) is 65.2 Å². The zero-order chi connectivity index (χ0) is 15.2. The summed E-state index contributed by atoms with van der Waals surface area (Å²) in [5.41, 5.74) is 1.81. The third-order valence-corrected chi connectivity index (χ3v) is 3.36. The summed E-state index contributed by atoms with van der Waals surface area (Å²) < 4.78 is 31.8. The van der Waals surface area contributed by atoms with Crippen LogP contribution in [0.15, 0.2) is 42.5 Å². The van der Waals surface area contributed by atoms with Crippen LogP contribution in [0.25, 0.3) is 0 Å². The smallest absolute Gasteiger partial charge is 0.165 e. The van der Waals surface area contributed by atoms with Gasteiger partial charge in [0, 0.05) is 6.04 Å². The van der Waals surface area contributed by atoms with Gasteiger partial charge in [-0.3, -0.25) is 0 Å². The molecular formula is C17H19F2NO. The highest BCUT2D eigenvalue weighted by Gasteiger charge is 2.14. The van der Waals surface area contributed by atoms with Crippen molar-refractivity contribution < 1.29 is 13.5 Å². The van der Waals surface area contributed by atoms with Gasteiger partial charge in [0.2, 0.25) is 0 Å². The molecule has 0 bridgehead atoms. The predicted molar refractivity (Wildman–Crippen MR) is 79.5 cm³/mol. The Morgan fingerprint density at radius 3 is 2.62 bits per heavy atom. The monoisotopic (exact) mass is 291 g/mol. The highest BCUT2D eigenvalue weighted by Crippen LogP contribution is 2.25. The summed E-state index contributed by atoms with van der Waals surface area (Å²) in [6, 6.07) is 11.3. The van der Waals surface area contributed by atoms with Crippen LogP contribution in [0.3, 0.4) is 0 Å². The molecule has 0 saturated heterocycles. The zero-order valence-electron chi connectivity index (χ0n) is 12.2. The van der Waals surface area contributed by atoms with Crippen molar-refractivity contribution in [2.24, 2.45) is 0 Å². The molecule has 4 heteroatoms. The molecule has 0 aliphatic rings. The lowest BCUT2D eigenvalue weighted by Crippen LogP contribution is -2.23. The van der Waals surface area contributed by atoms with Crippen LogP contribution in [-0.2, 0) is 6.42 Å². The molecule has 1 N–H and O–H groups in total. The molecule has 0 aliphatic heterocycles. The highest BCUT2D eigenvalue weighted by atomic mass is 19.1. The number of hydrogen-bond donors (Lipinski definition) is 1. The van der Waals surface area contributed by atoms with E-state index in [4.69, 9.17) is 4.74 Å². The number of rotatable bonds is 6. The molecule has 2 rings (SSSR count). The third kappa shape index (κ3) is 4.02. The second-order valence-corrected chi connectivity index (χ2v) is 4.84. The van der Waals surface area contributed by atoms with Crippen LogP contribution < -0.4 is 10.1 Å². The summed E-state index contributed by atoms with van der Waals surface area (Å²) in [6.45, 7) is 2.76. The van der Waals surface area contributed by atoms with E-state index in [0.29, 0.717) is 6.42 Å². The van der Waals surface area contributed by atoms with Crippen LogP contribution in [0.2, 0.25) is 0 Å². The first-order valence-corrected chi connectivity index (χ1v) is 6.95. The quantitative estimate of drug-likeness (QED) is 0.872. The second kappa shape index (κ2) is 7.18. The second-order valence-electron chi connectivity index (χ2n) is 4.84. The zero-order valence-corrected chi connectivity index (χ0v) is 12.2. The van der Waals surface area contributed by atoms with Crippen LogP contribution in [0.4, 0.5) is 8.78 Å². The summed E-state index contributed by atoms with van der Waals surface area (Å²) in [4.78, 5) is 0. The molecule has 0 aromatic heterocycles. The lowest BCUT2D eigenvalue weighted by atomic mass is 9.98. The highest BCUT2D eigenvalue weighted by molar-refractivity contribution is 5.33. The van der Waals surface area contributed by atoms with E-state index in [2.05, 4.69) is 5.32 Å². The Hall–Kier alpha value is -1.94. The summed E-state index contributed by atoms with van der Waals surface area (Å²) in [5.74, 6) is -0.420. The fourth-order valence-electron chi connectivity index (χ4n) is 2.35. The van der Waals surface area contributed by atoms with Gasteiger partial charge in [0.1, 0.15) is 5.82 Å². The number of halogens is 2. The van der Waals surface area contributed by atoms with Gasteiger partial charge in [0.05, 0.1) is 7.11 Å². The topological polar surface area (TPSA) is 21.3 Å². The molecule has 112 valence electrons. The van der Waals surface area contributed by atoms with Crippen molar-refractivity contribution in [2.45, 2.75) is 19.4 Å². The van der Waals surface area contributed by atoms with Gasteiger partial charge in [-0.15, -0.1) is 0 Å². The van der Waals surface area contributed by atoms with Crippen LogP contribution in [0, 0.1) is 11.6 Å². The molecule has 21 heavy (non-hydrogen) atoms. The van der Waals surface area contributed by atoms with Gasteiger partial charge in [-0.1, -0.05) is 25.1 Å².